The number of likely N-dealkylation sites (N-methyl/N-ethyl adjacent to an activating group) is 1. The molecule has 0 aromatic heterocycles. The van der Waals surface area contributed by atoms with Crippen LogP contribution in [-0.2, 0) is 9.47 Å². The first-order valence-corrected chi connectivity index (χ1v) is 9.52. The van der Waals surface area contributed by atoms with Gasteiger partial charge in [-0.1, -0.05) is 64.7 Å². The monoisotopic (exact) mass is 316 g/mol. The van der Waals surface area contributed by atoms with Crippen LogP contribution in [0.5, 0.6) is 0 Å². The van der Waals surface area contributed by atoms with Crippen LogP contribution in [-0.4, -0.2) is 58.6 Å². The first kappa shape index (κ1) is 21.9. The van der Waals surface area contributed by atoms with Crippen LogP contribution in [0, 0.1) is 0 Å². The van der Waals surface area contributed by atoms with E-state index in [-0.39, 0.29) is 0 Å². The molecule has 0 atom stereocenters. The van der Waals surface area contributed by atoms with Gasteiger partial charge in [0.1, 0.15) is 6.54 Å². The Balaban J connectivity index is 3.00. The van der Waals surface area contributed by atoms with E-state index in [0.717, 1.165) is 37.5 Å². The Labute approximate surface area is 140 Å². The van der Waals surface area contributed by atoms with E-state index in [9.17, 15) is 0 Å². The van der Waals surface area contributed by atoms with Crippen molar-refractivity contribution >= 4 is 0 Å². The van der Waals surface area contributed by atoms with Crippen LogP contribution in [0.4, 0.5) is 0 Å². The number of rotatable bonds is 17. The predicted octanol–water partition coefficient (Wildman–Crippen LogP) is 4.65. The Kier molecular flexibility index (Phi) is 15.7. The molecule has 0 saturated heterocycles. The Morgan fingerprint density at radius 1 is 0.545 bits per heavy atom. The van der Waals surface area contributed by atoms with Gasteiger partial charge >= 0.3 is 0 Å². The second kappa shape index (κ2) is 15.8. The molecular weight excluding hydrogens is 274 g/mol. The van der Waals surface area contributed by atoms with E-state index >= 15 is 0 Å². The minimum atomic E-state index is 0.734. The number of quaternary nitrogens is 1. The topological polar surface area (TPSA) is 18.5 Å². The van der Waals surface area contributed by atoms with Gasteiger partial charge in [0.15, 0.2) is 0 Å². The summed E-state index contributed by atoms with van der Waals surface area (Å²) in [7, 11) is 6.56. The number of nitrogens with zero attached hydrogens (tertiary/aromatic N) is 1. The molecule has 0 heterocycles. The van der Waals surface area contributed by atoms with Gasteiger partial charge in [-0.3, -0.25) is 0 Å². The minimum absolute atomic E-state index is 0.734. The van der Waals surface area contributed by atoms with Gasteiger partial charge in [0.2, 0.25) is 0 Å². The lowest BCUT2D eigenvalue weighted by atomic mass is 10.1. The Hall–Kier alpha value is -0.120. The third kappa shape index (κ3) is 19.9. The van der Waals surface area contributed by atoms with E-state index in [1.807, 2.05) is 0 Å². The second-order valence-electron chi connectivity index (χ2n) is 7.42. The summed E-state index contributed by atoms with van der Waals surface area (Å²) in [6.07, 6.45) is 13.8. The van der Waals surface area contributed by atoms with Gasteiger partial charge in [-0.2, -0.15) is 0 Å². The molecule has 0 saturated carbocycles. The number of ether oxygens (including phenoxy) is 2. The average Bonchev–Trinajstić information content (AvgIpc) is 2.45. The van der Waals surface area contributed by atoms with E-state index in [2.05, 4.69) is 28.1 Å². The van der Waals surface area contributed by atoms with E-state index in [4.69, 9.17) is 9.47 Å². The van der Waals surface area contributed by atoms with Gasteiger partial charge in [0.05, 0.1) is 41.0 Å². The molecule has 0 aliphatic carbocycles. The summed E-state index contributed by atoms with van der Waals surface area (Å²) in [6.45, 7) is 6.53. The van der Waals surface area contributed by atoms with Gasteiger partial charge in [-0.05, 0) is 6.42 Å². The maximum atomic E-state index is 5.61. The SMILES string of the molecule is CCCCCCCCCCCCOCCOCC[N+](C)(C)C. The van der Waals surface area contributed by atoms with Crippen LogP contribution in [0.25, 0.3) is 0 Å². The van der Waals surface area contributed by atoms with Crippen LogP contribution in [0.15, 0.2) is 0 Å². The highest BCUT2D eigenvalue weighted by molar-refractivity contribution is 4.47. The third-order valence-corrected chi connectivity index (χ3v) is 3.92. The van der Waals surface area contributed by atoms with Gasteiger partial charge in [0, 0.05) is 6.61 Å². The lowest BCUT2D eigenvalue weighted by Crippen LogP contribution is -2.37. The summed E-state index contributed by atoms with van der Waals surface area (Å²) in [4.78, 5) is 0. The number of unbranched alkanes of at least 4 members (excludes halogenated alkanes) is 9. The molecule has 0 aromatic rings. The van der Waals surface area contributed by atoms with Crippen molar-refractivity contribution < 1.29 is 14.0 Å². The van der Waals surface area contributed by atoms with Crippen molar-refractivity contribution in [2.75, 3.05) is 54.1 Å². The van der Waals surface area contributed by atoms with Crippen molar-refractivity contribution in [1.82, 2.24) is 0 Å². The molecule has 3 nitrogen and oxygen atoms in total. The lowest BCUT2D eigenvalue weighted by Gasteiger charge is -2.23. The summed E-state index contributed by atoms with van der Waals surface area (Å²) in [6, 6.07) is 0. The van der Waals surface area contributed by atoms with Crippen molar-refractivity contribution in [3.63, 3.8) is 0 Å². The Morgan fingerprint density at radius 3 is 1.50 bits per heavy atom. The molecule has 0 aliphatic rings. The summed E-state index contributed by atoms with van der Waals surface area (Å²) in [5.74, 6) is 0. The van der Waals surface area contributed by atoms with Crippen LogP contribution in [0.2, 0.25) is 0 Å². The van der Waals surface area contributed by atoms with Gasteiger partial charge in [0.25, 0.3) is 0 Å². The molecule has 0 amide bonds. The molecule has 0 spiro atoms. The maximum absolute atomic E-state index is 5.61. The normalized spacial score (nSPS) is 12.0. The second-order valence-corrected chi connectivity index (χ2v) is 7.42. The third-order valence-electron chi connectivity index (χ3n) is 3.92. The van der Waals surface area contributed by atoms with Crippen molar-refractivity contribution in [1.29, 1.82) is 0 Å². The zero-order valence-electron chi connectivity index (χ0n) is 15.9. The number of hydrogen-bond donors (Lipinski definition) is 0. The molecule has 0 aromatic carbocycles. The van der Waals surface area contributed by atoms with Crippen LogP contribution < -0.4 is 0 Å². The highest BCUT2D eigenvalue weighted by Gasteiger charge is 2.05. The first-order valence-electron chi connectivity index (χ1n) is 9.52. The van der Waals surface area contributed by atoms with Crippen LogP contribution >= 0.6 is 0 Å². The van der Waals surface area contributed by atoms with E-state index in [0.29, 0.717) is 0 Å². The van der Waals surface area contributed by atoms with E-state index in [1.165, 1.54) is 64.2 Å². The minimum Gasteiger partial charge on any atom is -0.379 e. The summed E-state index contributed by atoms with van der Waals surface area (Å²) in [5.41, 5.74) is 0. The maximum Gasteiger partial charge on any atom is 0.102 e. The smallest absolute Gasteiger partial charge is 0.102 e. The molecule has 0 radical (unpaired) electrons. The fourth-order valence-corrected chi connectivity index (χ4v) is 2.35. The molecule has 3 heteroatoms. The van der Waals surface area contributed by atoms with Crippen molar-refractivity contribution in [2.45, 2.75) is 71.1 Å². The molecule has 0 bridgehead atoms. The zero-order chi connectivity index (χ0) is 16.5. The Morgan fingerprint density at radius 2 is 1.00 bits per heavy atom. The van der Waals surface area contributed by atoms with Crippen LogP contribution in [0.3, 0.4) is 0 Å². The standard InChI is InChI=1S/C19H42NO2/c1-5-6-7-8-9-10-11-12-13-14-16-21-18-19-22-17-15-20(2,3)4/h5-19H2,1-4H3/q+1. The highest BCUT2D eigenvalue weighted by Crippen LogP contribution is 2.10. The summed E-state index contributed by atoms with van der Waals surface area (Å²) >= 11 is 0. The average molecular weight is 317 g/mol. The fourth-order valence-electron chi connectivity index (χ4n) is 2.35. The summed E-state index contributed by atoms with van der Waals surface area (Å²) in [5, 5.41) is 0. The van der Waals surface area contributed by atoms with Crippen molar-refractivity contribution in [3.05, 3.63) is 0 Å². The largest absolute Gasteiger partial charge is 0.379 e. The highest BCUT2D eigenvalue weighted by atomic mass is 16.5. The predicted molar refractivity (Wildman–Crippen MR) is 96.4 cm³/mol. The molecule has 0 aliphatic heterocycles. The Bertz CT molecular complexity index is 214. The van der Waals surface area contributed by atoms with Gasteiger partial charge < -0.3 is 14.0 Å². The molecule has 0 rings (SSSR count). The molecular formula is C19H42NO2+. The van der Waals surface area contributed by atoms with Gasteiger partial charge in [-0.15, -0.1) is 0 Å². The van der Waals surface area contributed by atoms with E-state index < -0.39 is 0 Å². The van der Waals surface area contributed by atoms with Crippen molar-refractivity contribution in [3.8, 4) is 0 Å². The molecule has 134 valence electrons. The fraction of sp³-hybridized carbons (Fsp3) is 1.00. The first-order chi connectivity index (χ1) is 10.6. The van der Waals surface area contributed by atoms with Gasteiger partial charge in [-0.25, -0.2) is 0 Å². The molecule has 0 fully saturated rings. The van der Waals surface area contributed by atoms with Crippen molar-refractivity contribution in [2.24, 2.45) is 0 Å². The zero-order valence-corrected chi connectivity index (χ0v) is 15.9. The summed E-state index contributed by atoms with van der Waals surface area (Å²) < 4.78 is 12.1. The number of hydrogen-bond acceptors (Lipinski definition) is 2. The quantitative estimate of drug-likeness (QED) is 0.287. The lowest BCUT2D eigenvalue weighted by molar-refractivity contribution is -0.870. The van der Waals surface area contributed by atoms with E-state index in [1.54, 1.807) is 0 Å². The molecule has 0 unspecified atom stereocenters. The molecule has 22 heavy (non-hydrogen) atoms. The molecule has 0 N–H and O–H groups in total. The van der Waals surface area contributed by atoms with Crippen LogP contribution in [0.1, 0.15) is 71.1 Å².